The van der Waals surface area contributed by atoms with Gasteiger partial charge in [-0.2, -0.15) is 5.10 Å². The van der Waals surface area contributed by atoms with Gasteiger partial charge in [0, 0.05) is 24.2 Å². The highest BCUT2D eigenvalue weighted by molar-refractivity contribution is 5.78. The number of hydrogen-bond donors (Lipinski definition) is 1. The zero-order valence-corrected chi connectivity index (χ0v) is 14.2. The summed E-state index contributed by atoms with van der Waals surface area (Å²) in [6.45, 7) is 4.62. The Morgan fingerprint density at radius 3 is 2.67 bits per heavy atom. The number of amides is 1. The molecule has 7 nitrogen and oxygen atoms in total. The second-order valence-corrected chi connectivity index (χ2v) is 6.36. The first-order chi connectivity index (χ1) is 11.5. The maximum absolute atomic E-state index is 12.0. The van der Waals surface area contributed by atoms with Gasteiger partial charge in [0.25, 0.3) is 5.56 Å². The van der Waals surface area contributed by atoms with Crippen LogP contribution in [0.15, 0.2) is 23.0 Å². The van der Waals surface area contributed by atoms with Crippen molar-refractivity contribution in [3.63, 3.8) is 0 Å². The van der Waals surface area contributed by atoms with Crippen LogP contribution < -0.4 is 10.9 Å². The molecule has 0 atom stereocenters. The number of rotatable bonds is 5. The molecule has 1 saturated carbocycles. The van der Waals surface area contributed by atoms with Crippen LogP contribution in [0.3, 0.4) is 0 Å². The Morgan fingerprint density at radius 1 is 1.25 bits per heavy atom. The fourth-order valence-corrected chi connectivity index (χ4v) is 3.19. The van der Waals surface area contributed by atoms with Gasteiger partial charge in [-0.25, -0.2) is 9.36 Å². The fourth-order valence-electron chi connectivity index (χ4n) is 3.19. The lowest BCUT2D eigenvalue weighted by atomic mass is 10.1. The Balaban J connectivity index is 1.67. The van der Waals surface area contributed by atoms with E-state index in [0.717, 1.165) is 37.1 Å². The highest BCUT2D eigenvalue weighted by Crippen LogP contribution is 2.24. The van der Waals surface area contributed by atoms with Crippen LogP contribution in [0, 0.1) is 19.8 Å². The minimum Gasteiger partial charge on any atom is -0.354 e. The van der Waals surface area contributed by atoms with Crippen LogP contribution >= 0.6 is 0 Å². The van der Waals surface area contributed by atoms with E-state index in [1.54, 1.807) is 10.7 Å². The molecule has 1 N–H and O–H groups in total. The molecule has 1 aliphatic carbocycles. The summed E-state index contributed by atoms with van der Waals surface area (Å²) in [4.78, 5) is 24.0. The molecule has 7 heteroatoms. The van der Waals surface area contributed by atoms with Crippen molar-refractivity contribution in [3.8, 4) is 5.82 Å². The SMILES string of the molecule is Cc1cc(C)n(-c2ccc(=O)n(CCNC(=O)C3CCCC3)n2)n1. The number of aryl methyl sites for hydroxylation is 2. The van der Waals surface area contributed by atoms with Gasteiger partial charge in [0.2, 0.25) is 5.91 Å². The van der Waals surface area contributed by atoms with Gasteiger partial charge in [-0.15, -0.1) is 5.10 Å². The van der Waals surface area contributed by atoms with Gasteiger partial charge in [0.15, 0.2) is 5.82 Å². The Morgan fingerprint density at radius 2 is 2.00 bits per heavy atom. The van der Waals surface area contributed by atoms with E-state index in [2.05, 4.69) is 15.5 Å². The molecule has 128 valence electrons. The molecule has 0 saturated heterocycles. The molecule has 1 amide bonds. The van der Waals surface area contributed by atoms with Crippen molar-refractivity contribution in [3.05, 3.63) is 39.9 Å². The first-order valence-electron chi connectivity index (χ1n) is 8.44. The zero-order valence-electron chi connectivity index (χ0n) is 14.2. The largest absolute Gasteiger partial charge is 0.354 e. The average molecular weight is 329 g/mol. The quantitative estimate of drug-likeness (QED) is 0.898. The van der Waals surface area contributed by atoms with E-state index in [-0.39, 0.29) is 17.4 Å². The monoisotopic (exact) mass is 329 g/mol. The topological polar surface area (TPSA) is 81.8 Å². The van der Waals surface area contributed by atoms with Crippen molar-refractivity contribution in [2.45, 2.75) is 46.1 Å². The van der Waals surface area contributed by atoms with Crippen LogP contribution in [0.25, 0.3) is 5.82 Å². The zero-order chi connectivity index (χ0) is 17.1. The summed E-state index contributed by atoms with van der Waals surface area (Å²) in [5, 5.41) is 11.7. The van der Waals surface area contributed by atoms with E-state index < -0.39 is 0 Å². The molecule has 0 aliphatic heterocycles. The minimum absolute atomic E-state index is 0.0928. The standard InChI is InChI=1S/C17H23N5O2/c1-12-11-13(2)22(19-12)15-7-8-16(23)21(20-15)10-9-18-17(24)14-5-3-4-6-14/h7-8,11,14H,3-6,9-10H2,1-2H3,(H,18,24). The summed E-state index contributed by atoms with van der Waals surface area (Å²) in [5.41, 5.74) is 1.67. The predicted octanol–water partition coefficient (Wildman–Crippen LogP) is 1.35. The number of carbonyl (C=O) groups is 1. The molecule has 0 bridgehead atoms. The summed E-state index contributed by atoms with van der Waals surface area (Å²) in [5.74, 6) is 0.827. The van der Waals surface area contributed by atoms with E-state index in [9.17, 15) is 9.59 Å². The van der Waals surface area contributed by atoms with Crippen LogP contribution in [0.5, 0.6) is 0 Å². The van der Waals surface area contributed by atoms with Crippen LogP contribution in [-0.4, -0.2) is 32.0 Å². The van der Waals surface area contributed by atoms with Crippen molar-refractivity contribution in [2.75, 3.05) is 6.54 Å². The molecular formula is C17H23N5O2. The van der Waals surface area contributed by atoms with E-state index in [1.807, 2.05) is 19.9 Å². The Bertz CT molecular complexity index is 787. The lowest BCUT2D eigenvalue weighted by molar-refractivity contribution is -0.124. The Hall–Kier alpha value is -2.44. The third kappa shape index (κ3) is 3.55. The van der Waals surface area contributed by atoms with Gasteiger partial charge in [0.05, 0.1) is 12.2 Å². The second-order valence-electron chi connectivity index (χ2n) is 6.36. The molecule has 1 aliphatic rings. The van der Waals surface area contributed by atoms with Gasteiger partial charge in [-0.1, -0.05) is 12.8 Å². The molecule has 3 rings (SSSR count). The fraction of sp³-hybridized carbons (Fsp3) is 0.529. The average Bonchev–Trinajstić information content (AvgIpc) is 3.19. The summed E-state index contributed by atoms with van der Waals surface area (Å²) in [6, 6.07) is 5.10. The predicted molar refractivity (Wildman–Crippen MR) is 90.1 cm³/mol. The normalized spacial score (nSPS) is 14.9. The van der Waals surface area contributed by atoms with Gasteiger partial charge in [0.1, 0.15) is 0 Å². The van der Waals surface area contributed by atoms with Crippen molar-refractivity contribution in [1.29, 1.82) is 0 Å². The summed E-state index contributed by atoms with van der Waals surface area (Å²) < 4.78 is 3.09. The minimum atomic E-state index is -0.185. The number of nitrogens with zero attached hydrogens (tertiary/aromatic N) is 4. The summed E-state index contributed by atoms with van der Waals surface area (Å²) >= 11 is 0. The molecule has 0 unspecified atom stereocenters. The molecular weight excluding hydrogens is 306 g/mol. The molecule has 0 spiro atoms. The number of aromatic nitrogens is 4. The van der Waals surface area contributed by atoms with E-state index in [0.29, 0.717) is 18.9 Å². The molecule has 0 aromatic carbocycles. The first-order valence-corrected chi connectivity index (χ1v) is 8.44. The van der Waals surface area contributed by atoms with Crippen molar-refractivity contribution < 1.29 is 4.79 Å². The van der Waals surface area contributed by atoms with Crippen molar-refractivity contribution in [1.82, 2.24) is 24.9 Å². The third-order valence-electron chi connectivity index (χ3n) is 4.43. The van der Waals surface area contributed by atoms with Crippen molar-refractivity contribution in [2.24, 2.45) is 5.92 Å². The van der Waals surface area contributed by atoms with Gasteiger partial charge < -0.3 is 5.32 Å². The highest BCUT2D eigenvalue weighted by Gasteiger charge is 2.22. The van der Waals surface area contributed by atoms with Gasteiger partial charge in [-0.05, 0) is 38.8 Å². The molecule has 24 heavy (non-hydrogen) atoms. The van der Waals surface area contributed by atoms with E-state index in [4.69, 9.17) is 0 Å². The lowest BCUT2D eigenvalue weighted by Crippen LogP contribution is -2.35. The van der Waals surface area contributed by atoms with Crippen LogP contribution in [0.2, 0.25) is 0 Å². The van der Waals surface area contributed by atoms with Crippen LogP contribution in [0.1, 0.15) is 37.1 Å². The van der Waals surface area contributed by atoms with Crippen molar-refractivity contribution >= 4 is 5.91 Å². The third-order valence-corrected chi connectivity index (χ3v) is 4.43. The van der Waals surface area contributed by atoms with Gasteiger partial charge >= 0.3 is 0 Å². The molecule has 2 aromatic rings. The number of hydrogen-bond acceptors (Lipinski definition) is 4. The summed E-state index contributed by atoms with van der Waals surface area (Å²) in [6.07, 6.45) is 4.20. The number of carbonyl (C=O) groups excluding carboxylic acids is 1. The van der Waals surface area contributed by atoms with Crippen LogP contribution in [-0.2, 0) is 11.3 Å². The maximum atomic E-state index is 12.0. The summed E-state index contributed by atoms with van der Waals surface area (Å²) in [7, 11) is 0. The molecule has 1 fully saturated rings. The van der Waals surface area contributed by atoms with E-state index in [1.165, 1.54) is 10.7 Å². The molecule has 0 radical (unpaired) electrons. The number of nitrogens with one attached hydrogen (secondary N) is 1. The second kappa shape index (κ2) is 6.98. The van der Waals surface area contributed by atoms with Gasteiger partial charge in [-0.3, -0.25) is 9.59 Å². The van der Waals surface area contributed by atoms with E-state index >= 15 is 0 Å². The lowest BCUT2D eigenvalue weighted by Gasteiger charge is -2.11. The Kier molecular flexibility index (Phi) is 4.78. The first kappa shape index (κ1) is 16.4. The molecule has 2 aromatic heterocycles. The highest BCUT2D eigenvalue weighted by atomic mass is 16.2. The van der Waals surface area contributed by atoms with Crippen LogP contribution in [0.4, 0.5) is 0 Å². The maximum Gasteiger partial charge on any atom is 0.266 e. The Labute approximate surface area is 140 Å². The smallest absolute Gasteiger partial charge is 0.266 e. The molecule has 2 heterocycles.